The van der Waals surface area contributed by atoms with Crippen LogP contribution in [0.2, 0.25) is 0 Å². The summed E-state index contributed by atoms with van der Waals surface area (Å²) >= 11 is 0. The summed E-state index contributed by atoms with van der Waals surface area (Å²) in [5, 5.41) is 3.14. The zero-order valence-electron chi connectivity index (χ0n) is 13.4. The molecular weight excluding hydrogens is 262 g/mol. The van der Waals surface area contributed by atoms with Gasteiger partial charge in [-0.3, -0.25) is 4.79 Å². The summed E-state index contributed by atoms with van der Waals surface area (Å²) in [4.78, 5) is 14.7. The molecule has 1 aliphatic rings. The van der Waals surface area contributed by atoms with E-state index in [1.807, 2.05) is 31.2 Å². The predicted molar refractivity (Wildman–Crippen MR) is 87.2 cm³/mol. The molecule has 1 amide bonds. The van der Waals surface area contributed by atoms with Crippen molar-refractivity contribution < 1.29 is 4.79 Å². The molecule has 21 heavy (non-hydrogen) atoms. The minimum absolute atomic E-state index is 0.0775. The van der Waals surface area contributed by atoms with Gasteiger partial charge in [0.15, 0.2) is 0 Å². The maximum Gasteiger partial charge on any atom is 0.227 e. The average Bonchev–Trinajstić information content (AvgIpc) is 2.94. The number of anilines is 1. The van der Waals surface area contributed by atoms with Crippen molar-refractivity contribution in [3.05, 3.63) is 29.8 Å². The SMILES string of the molecule is CC(C(=O)NCC1(N(C)C)CCCC1)c1cccc(N)c1. The van der Waals surface area contributed by atoms with Gasteiger partial charge >= 0.3 is 0 Å². The number of likely N-dealkylation sites (N-methyl/N-ethyl adjacent to an activating group) is 1. The van der Waals surface area contributed by atoms with E-state index in [9.17, 15) is 4.79 Å². The van der Waals surface area contributed by atoms with Crippen LogP contribution in [0.4, 0.5) is 5.69 Å². The lowest BCUT2D eigenvalue weighted by atomic mass is 9.94. The smallest absolute Gasteiger partial charge is 0.227 e. The number of amides is 1. The molecule has 0 radical (unpaired) electrons. The largest absolute Gasteiger partial charge is 0.399 e. The van der Waals surface area contributed by atoms with Crippen molar-refractivity contribution in [1.82, 2.24) is 10.2 Å². The summed E-state index contributed by atoms with van der Waals surface area (Å²) in [6.45, 7) is 2.66. The second-order valence-corrected chi connectivity index (χ2v) is 6.44. The molecule has 1 aromatic rings. The highest BCUT2D eigenvalue weighted by molar-refractivity contribution is 5.83. The van der Waals surface area contributed by atoms with Crippen molar-refractivity contribution in [1.29, 1.82) is 0 Å². The third kappa shape index (κ3) is 3.56. The van der Waals surface area contributed by atoms with Crippen LogP contribution in [0.5, 0.6) is 0 Å². The first-order valence-corrected chi connectivity index (χ1v) is 7.75. The Morgan fingerprint density at radius 1 is 1.38 bits per heavy atom. The lowest BCUT2D eigenvalue weighted by Crippen LogP contribution is -2.51. The van der Waals surface area contributed by atoms with Gasteiger partial charge in [0.2, 0.25) is 5.91 Å². The lowest BCUT2D eigenvalue weighted by molar-refractivity contribution is -0.122. The molecule has 1 atom stereocenters. The summed E-state index contributed by atoms with van der Waals surface area (Å²) in [6.07, 6.45) is 4.82. The van der Waals surface area contributed by atoms with Gasteiger partial charge in [-0.2, -0.15) is 0 Å². The maximum atomic E-state index is 12.4. The van der Waals surface area contributed by atoms with E-state index in [0.717, 1.165) is 24.9 Å². The molecule has 0 aromatic heterocycles. The predicted octanol–water partition coefficient (Wildman–Crippen LogP) is 2.36. The maximum absolute atomic E-state index is 12.4. The number of benzene rings is 1. The monoisotopic (exact) mass is 289 g/mol. The third-order valence-corrected chi connectivity index (χ3v) is 4.88. The second kappa shape index (κ2) is 6.48. The molecule has 1 aliphatic carbocycles. The minimum atomic E-state index is -0.172. The number of hydrogen-bond acceptors (Lipinski definition) is 3. The van der Waals surface area contributed by atoms with E-state index >= 15 is 0 Å². The highest BCUT2D eigenvalue weighted by atomic mass is 16.1. The van der Waals surface area contributed by atoms with Gasteiger partial charge in [0.05, 0.1) is 5.92 Å². The Bertz CT molecular complexity index is 493. The summed E-state index contributed by atoms with van der Waals surface area (Å²) in [5.41, 5.74) is 7.59. The van der Waals surface area contributed by atoms with E-state index in [2.05, 4.69) is 24.3 Å². The van der Waals surface area contributed by atoms with Gasteiger partial charge in [0.25, 0.3) is 0 Å². The Labute approximate surface area is 127 Å². The topological polar surface area (TPSA) is 58.4 Å². The van der Waals surface area contributed by atoms with Gasteiger partial charge in [0.1, 0.15) is 0 Å². The molecular formula is C17H27N3O. The molecule has 116 valence electrons. The Morgan fingerprint density at radius 3 is 2.62 bits per heavy atom. The van der Waals surface area contributed by atoms with Crippen LogP contribution in [0.15, 0.2) is 24.3 Å². The standard InChI is InChI=1S/C17H27N3O/c1-13(14-7-6-8-15(18)11-14)16(21)19-12-17(20(2)3)9-4-5-10-17/h6-8,11,13H,4-5,9-10,12,18H2,1-3H3,(H,19,21). The van der Waals surface area contributed by atoms with Crippen molar-refractivity contribution in [2.24, 2.45) is 0 Å². The van der Waals surface area contributed by atoms with Crippen LogP contribution in [0.1, 0.15) is 44.1 Å². The molecule has 1 fully saturated rings. The Morgan fingerprint density at radius 2 is 2.05 bits per heavy atom. The first-order chi connectivity index (χ1) is 9.94. The molecule has 0 saturated heterocycles. The number of nitrogens with one attached hydrogen (secondary N) is 1. The van der Waals surface area contributed by atoms with Crippen molar-refractivity contribution in [3.8, 4) is 0 Å². The number of carbonyl (C=O) groups excluding carboxylic acids is 1. The van der Waals surface area contributed by atoms with Crippen molar-refractivity contribution in [2.75, 3.05) is 26.4 Å². The molecule has 0 heterocycles. The number of carbonyl (C=O) groups is 1. The van der Waals surface area contributed by atoms with Gasteiger partial charge in [-0.05, 0) is 51.6 Å². The van der Waals surface area contributed by atoms with E-state index in [-0.39, 0.29) is 17.4 Å². The summed E-state index contributed by atoms with van der Waals surface area (Å²) in [5.74, 6) is -0.0946. The molecule has 2 rings (SSSR count). The van der Waals surface area contributed by atoms with Gasteiger partial charge in [-0.15, -0.1) is 0 Å². The highest BCUT2D eigenvalue weighted by Crippen LogP contribution is 2.33. The van der Waals surface area contributed by atoms with Crippen molar-refractivity contribution in [3.63, 3.8) is 0 Å². The molecule has 4 nitrogen and oxygen atoms in total. The second-order valence-electron chi connectivity index (χ2n) is 6.44. The number of nitrogens with zero attached hydrogens (tertiary/aromatic N) is 1. The first-order valence-electron chi connectivity index (χ1n) is 7.75. The van der Waals surface area contributed by atoms with Crippen LogP contribution in [0.3, 0.4) is 0 Å². The Kier molecular flexibility index (Phi) is 4.88. The van der Waals surface area contributed by atoms with Gasteiger partial charge < -0.3 is 16.0 Å². The van der Waals surface area contributed by atoms with E-state index < -0.39 is 0 Å². The Balaban J connectivity index is 1.98. The zero-order valence-corrected chi connectivity index (χ0v) is 13.4. The van der Waals surface area contributed by atoms with Crippen LogP contribution in [-0.2, 0) is 4.79 Å². The quantitative estimate of drug-likeness (QED) is 0.818. The molecule has 3 N–H and O–H groups in total. The van der Waals surface area contributed by atoms with Gasteiger partial charge in [-0.25, -0.2) is 0 Å². The minimum Gasteiger partial charge on any atom is -0.399 e. The number of nitrogen functional groups attached to an aromatic ring is 1. The van der Waals surface area contributed by atoms with E-state index in [1.165, 1.54) is 12.8 Å². The molecule has 0 spiro atoms. The third-order valence-electron chi connectivity index (χ3n) is 4.88. The first kappa shape index (κ1) is 15.8. The van der Waals surface area contributed by atoms with Gasteiger partial charge in [-0.1, -0.05) is 25.0 Å². The van der Waals surface area contributed by atoms with Crippen molar-refractivity contribution in [2.45, 2.75) is 44.1 Å². The van der Waals surface area contributed by atoms with Crippen LogP contribution < -0.4 is 11.1 Å². The summed E-state index contributed by atoms with van der Waals surface area (Å²) in [6, 6.07) is 7.57. The number of nitrogens with two attached hydrogens (primary N) is 1. The molecule has 0 aliphatic heterocycles. The van der Waals surface area contributed by atoms with Crippen LogP contribution in [0.25, 0.3) is 0 Å². The van der Waals surface area contributed by atoms with Crippen LogP contribution in [-0.4, -0.2) is 37.0 Å². The van der Waals surface area contributed by atoms with E-state index in [4.69, 9.17) is 5.73 Å². The fraction of sp³-hybridized carbons (Fsp3) is 0.588. The molecule has 1 unspecified atom stereocenters. The van der Waals surface area contributed by atoms with E-state index in [0.29, 0.717) is 5.69 Å². The summed E-state index contributed by atoms with van der Waals surface area (Å²) in [7, 11) is 4.22. The molecule has 1 saturated carbocycles. The number of rotatable bonds is 5. The lowest BCUT2D eigenvalue weighted by Gasteiger charge is -2.36. The molecule has 1 aromatic carbocycles. The fourth-order valence-electron chi connectivity index (χ4n) is 3.20. The van der Waals surface area contributed by atoms with Crippen LogP contribution in [0, 0.1) is 0 Å². The van der Waals surface area contributed by atoms with Crippen molar-refractivity contribution >= 4 is 11.6 Å². The summed E-state index contributed by atoms with van der Waals surface area (Å²) < 4.78 is 0. The number of hydrogen-bond donors (Lipinski definition) is 2. The van der Waals surface area contributed by atoms with E-state index in [1.54, 1.807) is 0 Å². The fourth-order valence-corrected chi connectivity index (χ4v) is 3.20. The molecule has 0 bridgehead atoms. The Hall–Kier alpha value is -1.55. The highest BCUT2D eigenvalue weighted by Gasteiger charge is 2.36. The average molecular weight is 289 g/mol. The normalized spacial score (nSPS) is 18.7. The van der Waals surface area contributed by atoms with Gasteiger partial charge in [0, 0.05) is 17.8 Å². The molecule has 4 heteroatoms. The van der Waals surface area contributed by atoms with Crippen LogP contribution >= 0.6 is 0 Å². The zero-order chi connectivity index (χ0) is 15.5.